The van der Waals surface area contributed by atoms with E-state index in [0.29, 0.717) is 18.2 Å². The van der Waals surface area contributed by atoms with Gasteiger partial charge in [0.15, 0.2) is 0 Å². The quantitative estimate of drug-likeness (QED) is 0.538. The van der Waals surface area contributed by atoms with Crippen LogP contribution >= 0.6 is 11.6 Å². The van der Waals surface area contributed by atoms with Crippen LogP contribution in [0.2, 0.25) is 0 Å². The molecule has 0 aromatic heterocycles. The molecule has 1 aliphatic heterocycles. The van der Waals surface area contributed by atoms with Crippen LogP contribution in [0.25, 0.3) is 0 Å². The molecule has 1 saturated heterocycles. The third kappa shape index (κ3) is 3.46. The van der Waals surface area contributed by atoms with Gasteiger partial charge in [0, 0.05) is 25.4 Å². The van der Waals surface area contributed by atoms with Gasteiger partial charge < -0.3 is 10.6 Å². The first-order valence-corrected chi connectivity index (χ1v) is 5.85. The Morgan fingerprint density at radius 2 is 2.21 bits per heavy atom. The van der Waals surface area contributed by atoms with Gasteiger partial charge in [0.1, 0.15) is 0 Å². The molecule has 1 heterocycles. The van der Waals surface area contributed by atoms with Crippen molar-refractivity contribution in [2.75, 3.05) is 25.5 Å². The van der Waals surface area contributed by atoms with Gasteiger partial charge in [0.2, 0.25) is 5.91 Å². The molecule has 14 heavy (non-hydrogen) atoms. The number of nitrogens with two attached hydrogens (primary N) is 1. The summed E-state index contributed by atoms with van der Waals surface area (Å²) in [7, 11) is 0. The number of carbonyl (C=O) groups is 1. The summed E-state index contributed by atoms with van der Waals surface area (Å²) in [5.74, 6) is 1.24. The minimum Gasteiger partial charge on any atom is -0.342 e. The van der Waals surface area contributed by atoms with E-state index in [1.807, 2.05) is 4.90 Å². The van der Waals surface area contributed by atoms with E-state index in [1.165, 1.54) is 0 Å². The fourth-order valence-electron chi connectivity index (χ4n) is 1.80. The number of hydrogen-bond acceptors (Lipinski definition) is 2. The molecule has 0 spiro atoms. The van der Waals surface area contributed by atoms with Crippen LogP contribution in [0.15, 0.2) is 0 Å². The SMILES string of the molecule is NCCCCCN1CC(CCl)CC1=O. The first kappa shape index (κ1) is 11.8. The molecule has 0 saturated carbocycles. The fraction of sp³-hybridized carbons (Fsp3) is 0.900. The maximum atomic E-state index is 11.4. The highest BCUT2D eigenvalue weighted by molar-refractivity contribution is 6.18. The van der Waals surface area contributed by atoms with Crippen LogP contribution < -0.4 is 5.73 Å². The van der Waals surface area contributed by atoms with Crippen molar-refractivity contribution in [3.63, 3.8) is 0 Å². The number of nitrogens with zero attached hydrogens (tertiary/aromatic N) is 1. The zero-order valence-corrected chi connectivity index (χ0v) is 9.30. The van der Waals surface area contributed by atoms with E-state index in [1.54, 1.807) is 0 Å². The summed E-state index contributed by atoms with van der Waals surface area (Å²) in [6.07, 6.45) is 3.88. The topological polar surface area (TPSA) is 46.3 Å². The molecule has 0 bridgehead atoms. The van der Waals surface area contributed by atoms with E-state index in [-0.39, 0.29) is 5.91 Å². The largest absolute Gasteiger partial charge is 0.342 e. The smallest absolute Gasteiger partial charge is 0.222 e. The summed E-state index contributed by atoms with van der Waals surface area (Å²) in [5.41, 5.74) is 5.40. The van der Waals surface area contributed by atoms with Crippen molar-refractivity contribution < 1.29 is 4.79 Å². The highest BCUT2D eigenvalue weighted by Gasteiger charge is 2.27. The average Bonchev–Trinajstić information content (AvgIpc) is 2.54. The minimum atomic E-state index is 0.267. The van der Waals surface area contributed by atoms with Crippen molar-refractivity contribution in [2.45, 2.75) is 25.7 Å². The summed E-state index contributed by atoms with van der Waals surface area (Å²) >= 11 is 5.73. The van der Waals surface area contributed by atoms with Gasteiger partial charge in [-0.3, -0.25) is 4.79 Å². The van der Waals surface area contributed by atoms with Gasteiger partial charge in [-0.15, -0.1) is 11.6 Å². The lowest BCUT2D eigenvalue weighted by Gasteiger charge is -2.15. The molecule has 2 N–H and O–H groups in total. The van der Waals surface area contributed by atoms with Crippen molar-refractivity contribution in [2.24, 2.45) is 11.7 Å². The molecule has 1 fully saturated rings. The van der Waals surface area contributed by atoms with Gasteiger partial charge in [0.05, 0.1) is 0 Å². The second-order valence-corrected chi connectivity index (χ2v) is 4.22. The number of alkyl halides is 1. The molecule has 1 aliphatic rings. The minimum absolute atomic E-state index is 0.267. The van der Waals surface area contributed by atoms with Crippen molar-refractivity contribution in [1.29, 1.82) is 0 Å². The molecule has 0 aliphatic carbocycles. The van der Waals surface area contributed by atoms with E-state index in [2.05, 4.69) is 0 Å². The number of likely N-dealkylation sites (tertiary alicyclic amines) is 1. The third-order valence-corrected chi connectivity index (χ3v) is 3.08. The van der Waals surface area contributed by atoms with Gasteiger partial charge in [-0.2, -0.15) is 0 Å². The van der Waals surface area contributed by atoms with Gasteiger partial charge in [0.25, 0.3) is 0 Å². The highest BCUT2D eigenvalue weighted by Crippen LogP contribution is 2.19. The van der Waals surface area contributed by atoms with Crippen molar-refractivity contribution in [3.8, 4) is 0 Å². The number of amides is 1. The van der Waals surface area contributed by atoms with E-state index in [0.717, 1.165) is 38.9 Å². The molecule has 4 heteroatoms. The lowest BCUT2D eigenvalue weighted by Crippen LogP contribution is -2.26. The predicted octanol–water partition coefficient (Wildman–Crippen LogP) is 1.20. The Hall–Kier alpha value is -0.280. The van der Waals surface area contributed by atoms with Crippen LogP contribution in [0.3, 0.4) is 0 Å². The van der Waals surface area contributed by atoms with Crippen LogP contribution in [-0.4, -0.2) is 36.3 Å². The standard InChI is InChI=1S/C10H19ClN2O/c11-7-9-6-10(14)13(8-9)5-3-1-2-4-12/h9H,1-8,12H2. The Morgan fingerprint density at radius 1 is 1.43 bits per heavy atom. The Kier molecular flexibility index (Phi) is 5.26. The molecule has 82 valence electrons. The summed E-state index contributed by atoms with van der Waals surface area (Å²) in [4.78, 5) is 13.4. The molecule has 1 amide bonds. The van der Waals surface area contributed by atoms with Gasteiger partial charge in [-0.25, -0.2) is 0 Å². The van der Waals surface area contributed by atoms with Crippen molar-refractivity contribution >= 4 is 17.5 Å². The predicted molar refractivity (Wildman–Crippen MR) is 58.3 cm³/mol. The van der Waals surface area contributed by atoms with Crippen LogP contribution in [-0.2, 0) is 4.79 Å². The van der Waals surface area contributed by atoms with E-state index < -0.39 is 0 Å². The number of hydrogen-bond donors (Lipinski definition) is 1. The molecule has 3 nitrogen and oxygen atoms in total. The summed E-state index contributed by atoms with van der Waals surface area (Å²) in [5, 5.41) is 0. The molecule has 1 rings (SSSR count). The molecule has 0 radical (unpaired) electrons. The maximum absolute atomic E-state index is 11.4. The number of halogens is 1. The molecule has 0 aromatic carbocycles. The zero-order valence-electron chi connectivity index (χ0n) is 8.54. The molecular formula is C10H19ClN2O. The maximum Gasteiger partial charge on any atom is 0.222 e. The Bertz CT molecular complexity index is 187. The van der Waals surface area contributed by atoms with Gasteiger partial charge in [-0.1, -0.05) is 6.42 Å². The second kappa shape index (κ2) is 6.25. The molecular weight excluding hydrogens is 200 g/mol. The Labute approximate surface area is 90.6 Å². The van der Waals surface area contributed by atoms with Crippen LogP contribution in [0, 0.1) is 5.92 Å². The van der Waals surface area contributed by atoms with Gasteiger partial charge in [-0.05, 0) is 25.3 Å². The lowest BCUT2D eigenvalue weighted by molar-refractivity contribution is -0.127. The number of unbranched alkanes of at least 4 members (excludes halogenated alkanes) is 2. The number of carbonyl (C=O) groups excluding carboxylic acids is 1. The fourth-order valence-corrected chi connectivity index (χ4v) is 2.00. The van der Waals surface area contributed by atoms with Gasteiger partial charge >= 0.3 is 0 Å². The lowest BCUT2D eigenvalue weighted by atomic mass is 10.1. The third-order valence-electron chi connectivity index (χ3n) is 2.64. The number of rotatable bonds is 6. The van der Waals surface area contributed by atoms with Crippen LogP contribution in [0.5, 0.6) is 0 Å². The van der Waals surface area contributed by atoms with Crippen molar-refractivity contribution in [1.82, 2.24) is 4.90 Å². The highest BCUT2D eigenvalue weighted by atomic mass is 35.5. The van der Waals surface area contributed by atoms with E-state index >= 15 is 0 Å². The van der Waals surface area contributed by atoms with E-state index in [9.17, 15) is 4.79 Å². The summed E-state index contributed by atoms with van der Waals surface area (Å²) in [6.45, 7) is 2.48. The Morgan fingerprint density at radius 3 is 2.79 bits per heavy atom. The van der Waals surface area contributed by atoms with Crippen LogP contribution in [0.4, 0.5) is 0 Å². The first-order valence-electron chi connectivity index (χ1n) is 5.31. The normalized spacial score (nSPS) is 22.0. The summed E-state index contributed by atoms with van der Waals surface area (Å²) in [6, 6.07) is 0. The Balaban J connectivity index is 2.15. The zero-order chi connectivity index (χ0) is 10.4. The van der Waals surface area contributed by atoms with Crippen molar-refractivity contribution in [3.05, 3.63) is 0 Å². The molecule has 1 atom stereocenters. The van der Waals surface area contributed by atoms with E-state index in [4.69, 9.17) is 17.3 Å². The monoisotopic (exact) mass is 218 g/mol. The molecule has 0 aromatic rings. The molecule has 1 unspecified atom stereocenters. The van der Waals surface area contributed by atoms with Crippen LogP contribution in [0.1, 0.15) is 25.7 Å². The average molecular weight is 219 g/mol. The second-order valence-electron chi connectivity index (χ2n) is 3.91. The summed E-state index contributed by atoms with van der Waals surface area (Å²) < 4.78 is 0. The first-order chi connectivity index (χ1) is 6.77.